The van der Waals surface area contributed by atoms with Crippen LogP contribution in [-0.2, 0) is 66.5 Å². The van der Waals surface area contributed by atoms with E-state index in [1.165, 1.54) is 7.11 Å². The Kier molecular flexibility index (Phi) is 11.1. The normalized spacial score (nSPS) is 35.6. The van der Waals surface area contributed by atoms with E-state index in [0.717, 1.165) is 27.7 Å². The van der Waals surface area contributed by atoms with Crippen molar-refractivity contribution in [2.45, 2.75) is 95.4 Å². The Morgan fingerprint density at radius 2 is 1.42 bits per heavy atom. The number of hydrogen-bond acceptors (Lipinski definition) is 15. The smallest absolute Gasteiger partial charge is 0.303 e. The molecule has 15 heteroatoms. The summed E-state index contributed by atoms with van der Waals surface area (Å²) >= 11 is 0. The Morgan fingerprint density at radius 3 is 2.02 bits per heavy atom. The van der Waals surface area contributed by atoms with E-state index >= 15 is 0 Å². The molecule has 0 spiro atoms. The summed E-state index contributed by atoms with van der Waals surface area (Å²) in [5, 5.41) is 11.3. The fraction of sp³-hybridized carbons (Fsp3) is 0.643. The molecule has 0 bridgehead atoms. The number of aliphatic hydroxyl groups excluding tert-OH is 1. The molecule has 3 aliphatic heterocycles. The summed E-state index contributed by atoms with van der Waals surface area (Å²) in [4.78, 5) is 48.0. The summed E-state index contributed by atoms with van der Waals surface area (Å²) in [5.74, 6) is -3.03. The number of aliphatic hydroxyl groups is 1. The molecule has 3 fully saturated rings. The molecule has 0 aromatic heterocycles. The lowest BCUT2D eigenvalue weighted by Gasteiger charge is -2.50. The second kappa shape index (κ2) is 14.5. The van der Waals surface area contributed by atoms with Crippen LogP contribution in [0.2, 0.25) is 0 Å². The van der Waals surface area contributed by atoms with E-state index in [4.69, 9.17) is 47.4 Å². The Balaban J connectivity index is 1.69. The first-order chi connectivity index (χ1) is 20.5. The molecule has 0 radical (unpaired) electrons. The minimum atomic E-state index is -1.56. The molecule has 1 aromatic carbocycles. The highest BCUT2D eigenvalue weighted by molar-refractivity contribution is 5.68. The largest absolute Gasteiger partial charge is 0.463 e. The van der Waals surface area contributed by atoms with Gasteiger partial charge in [-0.1, -0.05) is 30.3 Å². The van der Waals surface area contributed by atoms with Crippen molar-refractivity contribution in [3.05, 3.63) is 35.9 Å². The van der Waals surface area contributed by atoms with Gasteiger partial charge in [0, 0.05) is 40.4 Å². The molecule has 0 amide bonds. The van der Waals surface area contributed by atoms with E-state index in [1.54, 1.807) is 12.1 Å². The SMILES string of the molecule is CO[C@H]1O[C@@H]2COC(c3ccccc3)O[C@@H]2[C@H](O[C@H]2O[C@H](COC(C)=O)[C@@H](OC(C)=O)[C@H](OC(C)=O)[C@H]2OC(C)=O)[C@H]1O. The van der Waals surface area contributed by atoms with Crippen molar-refractivity contribution >= 4 is 23.9 Å². The summed E-state index contributed by atoms with van der Waals surface area (Å²) in [6, 6.07) is 9.07. The molecule has 1 aromatic rings. The van der Waals surface area contributed by atoms with E-state index in [2.05, 4.69) is 0 Å². The lowest BCUT2D eigenvalue weighted by molar-refractivity contribution is -0.390. The Labute approximate surface area is 247 Å². The third-order valence-corrected chi connectivity index (χ3v) is 6.85. The molecule has 1 unspecified atom stereocenters. The number of hydrogen-bond donors (Lipinski definition) is 1. The van der Waals surface area contributed by atoms with Crippen molar-refractivity contribution in [1.29, 1.82) is 0 Å². The number of carbonyl (C=O) groups excluding carboxylic acids is 4. The van der Waals surface area contributed by atoms with Crippen LogP contribution in [0.1, 0.15) is 39.5 Å². The van der Waals surface area contributed by atoms with E-state index in [9.17, 15) is 24.3 Å². The second-order valence-electron chi connectivity index (χ2n) is 10.1. The predicted molar refractivity (Wildman–Crippen MR) is 139 cm³/mol. The fourth-order valence-electron chi connectivity index (χ4n) is 5.15. The van der Waals surface area contributed by atoms with Gasteiger partial charge in [0.2, 0.25) is 0 Å². The average molecular weight is 613 g/mol. The highest BCUT2D eigenvalue weighted by atomic mass is 16.8. The van der Waals surface area contributed by atoms with Gasteiger partial charge in [-0.3, -0.25) is 19.2 Å². The first-order valence-electron chi connectivity index (χ1n) is 13.6. The highest BCUT2D eigenvalue weighted by Crippen LogP contribution is 2.38. The lowest BCUT2D eigenvalue weighted by atomic mass is 9.95. The van der Waals surface area contributed by atoms with Crippen LogP contribution in [0.4, 0.5) is 0 Å². The third kappa shape index (κ3) is 8.06. The van der Waals surface area contributed by atoms with E-state index < -0.39 is 98.2 Å². The number of esters is 4. The summed E-state index contributed by atoms with van der Waals surface area (Å²) in [7, 11) is 1.33. The van der Waals surface area contributed by atoms with Crippen LogP contribution in [0.3, 0.4) is 0 Å². The molecule has 3 aliphatic rings. The Bertz CT molecular complexity index is 1130. The van der Waals surface area contributed by atoms with E-state index in [-0.39, 0.29) is 6.61 Å². The molecule has 11 atom stereocenters. The summed E-state index contributed by atoms with van der Waals surface area (Å²) in [6.45, 7) is 4.11. The van der Waals surface area contributed by atoms with Crippen LogP contribution in [0.25, 0.3) is 0 Å². The maximum atomic E-state index is 12.2. The second-order valence-corrected chi connectivity index (χ2v) is 10.1. The van der Waals surface area contributed by atoms with Crippen molar-refractivity contribution in [3.8, 4) is 0 Å². The summed E-state index contributed by atoms with van der Waals surface area (Å²) < 4.78 is 57.1. The molecule has 43 heavy (non-hydrogen) atoms. The predicted octanol–water partition coefficient (Wildman–Crippen LogP) is 0.301. The van der Waals surface area contributed by atoms with Crippen LogP contribution in [0, 0.1) is 0 Å². The number of ether oxygens (including phenoxy) is 10. The molecule has 15 nitrogen and oxygen atoms in total. The lowest BCUT2D eigenvalue weighted by Crippen LogP contribution is -2.67. The van der Waals surface area contributed by atoms with Crippen molar-refractivity contribution < 1.29 is 71.7 Å². The van der Waals surface area contributed by atoms with Crippen LogP contribution in [0.5, 0.6) is 0 Å². The zero-order chi connectivity index (χ0) is 31.3. The maximum absolute atomic E-state index is 12.2. The quantitative estimate of drug-likeness (QED) is 0.297. The number of benzene rings is 1. The van der Waals surface area contributed by atoms with Crippen molar-refractivity contribution in [3.63, 3.8) is 0 Å². The zero-order valence-electron chi connectivity index (χ0n) is 24.3. The number of fused-ring (bicyclic) bond motifs is 1. The highest BCUT2D eigenvalue weighted by Gasteiger charge is 2.57. The third-order valence-electron chi connectivity index (χ3n) is 6.85. The summed E-state index contributed by atoms with van der Waals surface area (Å²) in [5.41, 5.74) is 0.704. The molecule has 4 rings (SSSR count). The molecule has 0 aliphatic carbocycles. The number of carbonyl (C=O) groups is 4. The Hall–Kier alpha value is -3.18. The van der Waals surface area contributed by atoms with Gasteiger partial charge in [-0.05, 0) is 0 Å². The topological polar surface area (TPSA) is 181 Å². The molecular formula is C28H36O15. The standard InChI is InChI=1S/C28H36O15/c1-13(29)35-11-18-22(37-14(2)30)24(38-15(3)31)25(39-16(4)32)28(41-18)43-23-20(33)27(34-5)40-19-12-36-26(42-21(19)23)17-9-7-6-8-10-17/h6-10,18-28,33H,11-12H2,1-5H3/t18-,19-,20-,21+,22-,23-,24+,25-,26?,27+,28-/m1/s1. The Morgan fingerprint density at radius 1 is 0.791 bits per heavy atom. The molecular weight excluding hydrogens is 576 g/mol. The van der Waals surface area contributed by atoms with E-state index in [1.807, 2.05) is 18.2 Å². The minimum absolute atomic E-state index is 0.0508. The van der Waals surface area contributed by atoms with Gasteiger partial charge in [0.25, 0.3) is 0 Å². The molecule has 0 saturated carbocycles. The minimum Gasteiger partial charge on any atom is -0.463 e. The van der Waals surface area contributed by atoms with Crippen LogP contribution >= 0.6 is 0 Å². The molecule has 238 valence electrons. The van der Waals surface area contributed by atoms with Crippen molar-refractivity contribution in [2.75, 3.05) is 20.3 Å². The van der Waals surface area contributed by atoms with Crippen molar-refractivity contribution in [2.24, 2.45) is 0 Å². The number of rotatable bonds is 9. The van der Waals surface area contributed by atoms with Gasteiger partial charge in [0.15, 0.2) is 37.2 Å². The molecule has 3 heterocycles. The van der Waals surface area contributed by atoms with E-state index in [0.29, 0.717) is 5.56 Å². The van der Waals surface area contributed by atoms with Crippen molar-refractivity contribution in [1.82, 2.24) is 0 Å². The average Bonchev–Trinajstić information content (AvgIpc) is 2.95. The van der Waals surface area contributed by atoms with Crippen LogP contribution in [-0.4, -0.2) is 111 Å². The molecule has 1 N–H and O–H groups in total. The molecule has 3 saturated heterocycles. The van der Waals surface area contributed by atoms with Crippen LogP contribution < -0.4 is 0 Å². The first kappa shape index (κ1) is 32.7. The maximum Gasteiger partial charge on any atom is 0.303 e. The van der Waals surface area contributed by atoms with Crippen LogP contribution in [0.15, 0.2) is 30.3 Å². The fourth-order valence-corrected chi connectivity index (χ4v) is 5.15. The zero-order valence-corrected chi connectivity index (χ0v) is 24.3. The first-order valence-corrected chi connectivity index (χ1v) is 13.6. The van der Waals surface area contributed by atoms with Gasteiger partial charge < -0.3 is 52.5 Å². The van der Waals surface area contributed by atoms with Gasteiger partial charge in [-0.15, -0.1) is 0 Å². The van der Waals surface area contributed by atoms with Gasteiger partial charge in [-0.25, -0.2) is 0 Å². The van der Waals surface area contributed by atoms with Gasteiger partial charge in [-0.2, -0.15) is 0 Å². The van der Waals surface area contributed by atoms with Gasteiger partial charge in [0.1, 0.15) is 37.1 Å². The van der Waals surface area contributed by atoms with Gasteiger partial charge in [0.05, 0.1) is 6.61 Å². The monoisotopic (exact) mass is 612 g/mol. The van der Waals surface area contributed by atoms with Gasteiger partial charge >= 0.3 is 23.9 Å². The summed E-state index contributed by atoms with van der Waals surface area (Å²) in [6.07, 6.45) is -13.5. The number of methoxy groups -OCH3 is 1.